The summed E-state index contributed by atoms with van der Waals surface area (Å²) < 4.78 is 0. The Bertz CT molecular complexity index is 469. The average molecular weight is 271 g/mol. The van der Waals surface area contributed by atoms with Crippen LogP contribution in [-0.4, -0.2) is 20.1 Å². The Morgan fingerprint density at radius 1 is 1.41 bits per heavy atom. The summed E-state index contributed by atoms with van der Waals surface area (Å²) in [7, 11) is 2.11. The van der Waals surface area contributed by atoms with Crippen LogP contribution in [0, 0.1) is 5.41 Å². The summed E-state index contributed by atoms with van der Waals surface area (Å²) in [4.78, 5) is 2.27. The van der Waals surface area contributed by atoms with E-state index in [0.29, 0.717) is 22.9 Å². The summed E-state index contributed by atoms with van der Waals surface area (Å²) in [6.07, 6.45) is 2.52. The first-order valence-electron chi connectivity index (χ1n) is 5.97. The minimum Gasteiger partial charge on any atom is -0.374 e. The maximum absolute atomic E-state index is 6.37. The van der Waals surface area contributed by atoms with Crippen molar-refractivity contribution in [3.05, 3.63) is 27.7 Å². The van der Waals surface area contributed by atoms with Gasteiger partial charge in [0.1, 0.15) is 0 Å². The van der Waals surface area contributed by atoms with Gasteiger partial charge < -0.3 is 10.6 Å². The van der Waals surface area contributed by atoms with E-state index < -0.39 is 0 Å². The number of hydrogen-bond donors (Lipinski definition) is 1. The minimum absolute atomic E-state index is 0.369. The van der Waals surface area contributed by atoms with E-state index in [2.05, 4.69) is 11.9 Å². The van der Waals surface area contributed by atoms with Gasteiger partial charge in [0.15, 0.2) is 0 Å². The van der Waals surface area contributed by atoms with E-state index in [9.17, 15) is 0 Å². The highest BCUT2D eigenvalue weighted by molar-refractivity contribution is 6.35. The van der Waals surface area contributed by atoms with Crippen LogP contribution in [0.15, 0.2) is 12.1 Å². The maximum Gasteiger partial charge on any atom is 0.0477 e. The Morgan fingerprint density at radius 2 is 2.12 bits per heavy atom. The molecule has 0 aromatic heterocycles. The molecule has 0 saturated heterocycles. The fourth-order valence-corrected chi connectivity index (χ4v) is 3.86. The Hall–Kier alpha value is -0.440. The highest BCUT2D eigenvalue weighted by Gasteiger charge is 2.53. The van der Waals surface area contributed by atoms with Gasteiger partial charge in [-0.05, 0) is 42.5 Å². The molecular formula is C13H16Cl2N2. The van der Waals surface area contributed by atoms with Crippen LogP contribution < -0.4 is 10.6 Å². The van der Waals surface area contributed by atoms with Crippen molar-refractivity contribution in [1.82, 2.24) is 0 Å². The number of fused-ring (bicyclic) bond motifs is 1. The largest absolute Gasteiger partial charge is 0.374 e. The molecule has 1 aliphatic heterocycles. The van der Waals surface area contributed by atoms with Crippen LogP contribution >= 0.6 is 23.2 Å². The van der Waals surface area contributed by atoms with E-state index in [1.807, 2.05) is 12.1 Å². The maximum atomic E-state index is 6.37. The Kier molecular flexibility index (Phi) is 2.58. The molecule has 1 fully saturated rings. The number of hydrogen-bond acceptors (Lipinski definition) is 2. The van der Waals surface area contributed by atoms with Crippen molar-refractivity contribution in [3.63, 3.8) is 0 Å². The number of nitrogens with two attached hydrogens (primary N) is 1. The van der Waals surface area contributed by atoms with Crippen LogP contribution in [0.1, 0.15) is 24.3 Å². The summed E-state index contributed by atoms with van der Waals surface area (Å²) in [6.45, 7) is 1.74. The minimum atomic E-state index is 0.369. The molecule has 2 N–H and O–H groups in total. The smallest absolute Gasteiger partial charge is 0.0477 e. The summed E-state index contributed by atoms with van der Waals surface area (Å²) in [5.74, 6) is 0.387. The van der Waals surface area contributed by atoms with E-state index in [4.69, 9.17) is 28.9 Å². The number of anilines is 1. The number of benzene rings is 1. The first kappa shape index (κ1) is 11.6. The summed E-state index contributed by atoms with van der Waals surface area (Å²) in [5.41, 5.74) is 8.69. The highest BCUT2D eigenvalue weighted by atomic mass is 35.5. The third-order valence-electron chi connectivity index (χ3n) is 4.25. The summed E-state index contributed by atoms with van der Waals surface area (Å²) in [6, 6.07) is 3.83. The van der Waals surface area contributed by atoms with Crippen LogP contribution in [0.25, 0.3) is 0 Å². The molecule has 92 valence electrons. The molecule has 3 rings (SSSR count). The van der Waals surface area contributed by atoms with Gasteiger partial charge in [0.05, 0.1) is 0 Å². The fraction of sp³-hybridized carbons (Fsp3) is 0.538. The third kappa shape index (κ3) is 1.66. The van der Waals surface area contributed by atoms with Gasteiger partial charge >= 0.3 is 0 Å². The van der Waals surface area contributed by atoms with Crippen LogP contribution in [0.5, 0.6) is 0 Å². The van der Waals surface area contributed by atoms with Crippen molar-refractivity contribution < 1.29 is 0 Å². The van der Waals surface area contributed by atoms with E-state index >= 15 is 0 Å². The van der Waals surface area contributed by atoms with Crippen LogP contribution in [0.2, 0.25) is 10.0 Å². The third-order valence-corrected chi connectivity index (χ3v) is 4.78. The number of rotatable bonds is 1. The molecule has 1 aromatic carbocycles. The predicted octanol–water partition coefficient (Wildman–Crippen LogP) is 3.27. The van der Waals surface area contributed by atoms with Crippen molar-refractivity contribution in [2.24, 2.45) is 11.1 Å². The number of nitrogens with zero attached hydrogens (tertiary/aromatic N) is 1. The monoisotopic (exact) mass is 270 g/mol. The van der Waals surface area contributed by atoms with E-state index in [1.165, 1.54) is 18.4 Å². The van der Waals surface area contributed by atoms with Crippen molar-refractivity contribution in [2.75, 3.05) is 25.0 Å². The molecule has 0 amide bonds. The molecule has 0 radical (unpaired) electrons. The summed E-state index contributed by atoms with van der Waals surface area (Å²) in [5, 5.41) is 1.46. The second-order valence-electron chi connectivity index (χ2n) is 5.33. The molecule has 1 heterocycles. The van der Waals surface area contributed by atoms with E-state index in [-0.39, 0.29) is 0 Å². The molecule has 4 heteroatoms. The standard InChI is InChI=1S/C13H16Cl2N2/c1-17-7-13(2-3-13)9(6-16)12-10(15)4-8(14)5-11(12)17/h4-5,9H,2-3,6-7,16H2,1H3. The average Bonchev–Trinajstić information content (AvgIpc) is 3.01. The van der Waals surface area contributed by atoms with Crippen molar-refractivity contribution in [2.45, 2.75) is 18.8 Å². The first-order chi connectivity index (χ1) is 8.07. The molecule has 1 spiro atoms. The van der Waals surface area contributed by atoms with Crippen LogP contribution in [0.3, 0.4) is 0 Å². The van der Waals surface area contributed by atoms with Crippen molar-refractivity contribution in [1.29, 1.82) is 0 Å². The Morgan fingerprint density at radius 3 is 2.71 bits per heavy atom. The van der Waals surface area contributed by atoms with Crippen LogP contribution in [-0.2, 0) is 0 Å². The highest BCUT2D eigenvalue weighted by Crippen LogP contribution is 2.61. The second-order valence-corrected chi connectivity index (χ2v) is 6.17. The molecule has 2 aliphatic rings. The molecule has 1 unspecified atom stereocenters. The molecule has 2 nitrogen and oxygen atoms in total. The molecule has 1 aromatic rings. The van der Waals surface area contributed by atoms with E-state index in [0.717, 1.165) is 17.3 Å². The first-order valence-corrected chi connectivity index (χ1v) is 6.73. The SMILES string of the molecule is CN1CC2(CC2)C(CN)c2c(Cl)cc(Cl)cc21. The normalized spacial score (nSPS) is 24.9. The Labute approximate surface area is 112 Å². The van der Waals surface area contributed by atoms with Gasteiger partial charge in [-0.25, -0.2) is 0 Å². The van der Waals surface area contributed by atoms with Crippen molar-refractivity contribution in [3.8, 4) is 0 Å². The van der Waals surface area contributed by atoms with Gasteiger partial charge in [-0.2, -0.15) is 0 Å². The molecule has 1 saturated carbocycles. The zero-order chi connectivity index (χ0) is 12.2. The predicted molar refractivity (Wildman–Crippen MR) is 73.2 cm³/mol. The van der Waals surface area contributed by atoms with Crippen molar-refractivity contribution >= 4 is 28.9 Å². The zero-order valence-electron chi connectivity index (χ0n) is 9.84. The molecule has 1 atom stereocenters. The van der Waals surface area contributed by atoms with Gasteiger partial charge in [-0.15, -0.1) is 0 Å². The lowest BCUT2D eigenvalue weighted by atomic mass is 9.78. The van der Waals surface area contributed by atoms with Gasteiger partial charge in [0, 0.05) is 35.2 Å². The lowest BCUT2D eigenvalue weighted by Crippen LogP contribution is -2.39. The Balaban J connectivity index is 2.18. The second kappa shape index (κ2) is 3.78. The van der Waals surface area contributed by atoms with Crippen LogP contribution in [0.4, 0.5) is 5.69 Å². The summed E-state index contributed by atoms with van der Waals surface area (Å²) >= 11 is 12.5. The van der Waals surface area contributed by atoms with Gasteiger partial charge in [-0.1, -0.05) is 23.2 Å². The molecular weight excluding hydrogens is 255 g/mol. The lowest BCUT2D eigenvalue weighted by molar-refractivity contribution is 0.391. The molecule has 0 bridgehead atoms. The van der Waals surface area contributed by atoms with Gasteiger partial charge in [-0.3, -0.25) is 0 Å². The van der Waals surface area contributed by atoms with E-state index in [1.54, 1.807) is 0 Å². The fourth-order valence-electron chi connectivity index (χ4n) is 3.24. The number of halogens is 2. The zero-order valence-corrected chi connectivity index (χ0v) is 11.4. The van der Waals surface area contributed by atoms with Gasteiger partial charge in [0.2, 0.25) is 0 Å². The topological polar surface area (TPSA) is 29.3 Å². The quantitative estimate of drug-likeness (QED) is 0.849. The lowest BCUT2D eigenvalue weighted by Gasteiger charge is -2.40. The molecule has 17 heavy (non-hydrogen) atoms. The molecule has 1 aliphatic carbocycles. The van der Waals surface area contributed by atoms with Gasteiger partial charge in [0.25, 0.3) is 0 Å².